The molecular formula is C9H7ClFN. The fraction of sp³-hybridized carbons (Fsp3) is 0.222. The van der Waals surface area contributed by atoms with Gasteiger partial charge in [0, 0.05) is 11.4 Å². The van der Waals surface area contributed by atoms with Crippen molar-refractivity contribution in [1.82, 2.24) is 0 Å². The van der Waals surface area contributed by atoms with Gasteiger partial charge in [0.2, 0.25) is 0 Å². The van der Waals surface area contributed by atoms with Crippen molar-refractivity contribution in [2.45, 2.75) is 12.6 Å². The maximum absolute atomic E-state index is 12.5. The molecule has 0 spiro atoms. The molecule has 0 N–H and O–H groups in total. The Kier molecular flexibility index (Phi) is 3.07. The maximum Gasteiger partial charge on any atom is 0.190 e. The Morgan fingerprint density at radius 1 is 1.42 bits per heavy atom. The molecule has 12 heavy (non-hydrogen) atoms. The summed E-state index contributed by atoms with van der Waals surface area (Å²) in [7, 11) is 0. The second-order valence-electron chi connectivity index (χ2n) is 2.43. The van der Waals surface area contributed by atoms with Gasteiger partial charge < -0.3 is 0 Å². The van der Waals surface area contributed by atoms with Crippen LogP contribution in [-0.4, -0.2) is 6.17 Å². The number of benzene rings is 1. The van der Waals surface area contributed by atoms with Crippen LogP contribution in [0.5, 0.6) is 0 Å². The van der Waals surface area contributed by atoms with E-state index in [0.29, 0.717) is 5.02 Å². The van der Waals surface area contributed by atoms with Crippen LogP contribution in [0.2, 0.25) is 5.02 Å². The van der Waals surface area contributed by atoms with E-state index in [9.17, 15) is 4.39 Å². The van der Waals surface area contributed by atoms with Gasteiger partial charge >= 0.3 is 0 Å². The topological polar surface area (TPSA) is 23.8 Å². The summed E-state index contributed by atoms with van der Waals surface area (Å²) < 4.78 is 12.5. The van der Waals surface area contributed by atoms with E-state index >= 15 is 0 Å². The first-order valence-electron chi connectivity index (χ1n) is 3.50. The fourth-order valence-electron chi connectivity index (χ4n) is 0.873. The highest BCUT2D eigenvalue weighted by atomic mass is 35.5. The van der Waals surface area contributed by atoms with Crippen LogP contribution in [0.1, 0.15) is 5.56 Å². The average Bonchev–Trinajstić information content (AvgIpc) is 2.09. The third-order valence-corrected chi connectivity index (χ3v) is 1.72. The Hall–Kier alpha value is -1.07. The molecule has 0 aliphatic rings. The molecule has 1 atom stereocenters. The van der Waals surface area contributed by atoms with Gasteiger partial charge in [-0.15, -0.1) is 0 Å². The van der Waals surface area contributed by atoms with E-state index in [1.165, 1.54) is 6.07 Å². The fourth-order valence-corrected chi connectivity index (χ4v) is 0.999. The minimum Gasteiger partial charge on any atom is -0.231 e. The molecule has 62 valence electrons. The van der Waals surface area contributed by atoms with Crippen LogP contribution < -0.4 is 0 Å². The lowest BCUT2D eigenvalue weighted by Crippen LogP contribution is -2.00. The van der Waals surface area contributed by atoms with Crippen molar-refractivity contribution in [2.24, 2.45) is 0 Å². The summed E-state index contributed by atoms with van der Waals surface area (Å²) in [5.74, 6) is 0. The zero-order chi connectivity index (χ0) is 8.97. The largest absolute Gasteiger partial charge is 0.231 e. The first kappa shape index (κ1) is 9.02. The lowest BCUT2D eigenvalue weighted by atomic mass is 10.1. The Bertz CT molecular complexity index is 288. The van der Waals surface area contributed by atoms with E-state index in [1.54, 1.807) is 24.3 Å². The van der Waals surface area contributed by atoms with Crippen LogP contribution >= 0.6 is 11.6 Å². The minimum atomic E-state index is -1.42. The SMILES string of the molecule is N#CC(F)Cc1ccc(Cl)cc1. The second-order valence-corrected chi connectivity index (χ2v) is 2.86. The highest BCUT2D eigenvalue weighted by molar-refractivity contribution is 6.30. The van der Waals surface area contributed by atoms with Crippen LogP contribution in [0.3, 0.4) is 0 Å². The van der Waals surface area contributed by atoms with Crippen molar-refractivity contribution in [1.29, 1.82) is 5.26 Å². The van der Waals surface area contributed by atoms with Crippen molar-refractivity contribution < 1.29 is 4.39 Å². The quantitative estimate of drug-likeness (QED) is 0.692. The van der Waals surface area contributed by atoms with E-state index in [2.05, 4.69) is 0 Å². The Morgan fingerprint density at radius 3 is 2.50 bits per heavy atom. The molecule has 0 amide bonds. The summed E-state index contributed by atoms with van der Waals surface area (Å²) in [5, 5.41) is 8.82. The van der Waals surface area contributed by atoms with Crippen LogP contribution in [0.25, 0.3) is 0 Å². The van der Waals surface area contributed by atoms with Gasteiger partial charge in [0.15, 0.2) is 6.17 Å². The number of rotatable bonds is 2. The van der Waals surface area contributed by atoms with E-state index in [1.807, 2.05) is 0 Å². The molecule has 0 fully saturated rings. The standard InChI is InChI=1S/C9H7ClFN/c10-8-3-1-7(2-4-8)5-9(11)6-12/h1-4,9H,5H2. The van der Waals surface area contributed by atoms with Gasteiger partial charge in [0.1, 0.15) is 6.07 Å². The van der Waals surface area contributed by atoms with Gasteiger partial charge in [-0.05, 0) is 17.7 Å². The van der Waals surface area contributed by atoms with Crippen molar-refractivity contribution >= 4 is 11.6 Å². The van der Waals surface area contributed by atoms with Gasteiger partial charge in [-0.25, -0.2) is 4.39 Å². The predicted molar refractivity (Wildman–Crippen MR) is 45.7 cm³/mol. The van der Waals surface area contributed by atoms with Crippen molar-refractivity contribution in [2.75, 3.05) is 0 Å². The predicted octanol–water partition coefficient (Wildman–Crippen LogP) is 2.74. The molecule has 0 aliphatic heterocycles. The second kappa shape index (κ2) is 4.08. The molecule has 0 heterocycles. The third kappa shape index (κ3) is 2.52. The summed E-state index contributed by atoms with van der Waals surface area (Å²) in [5.41, 5.74) is 0.786. The third-order valence-electron chi connectivity index (χ3n) is 1.47. The zero-order valence-electron chi connectivity index (χ0n) is 6.30. The summed E-state index contributed by atoms with van der Waals surface area (Å²) in [6, 6.07) is 8.32. The number of nitrogens with zero attached hydrogens (tertiary/aromatic N) is 1. The molecule has 0 bridgehead atoms. The van der Waals surface area contributed by atoms with Gasteiger partial charge in [-0.2, -0.15) is 5.26 Å². The summed E-state index contributed by atoms with van der Waals surface area (Å²) >= 11 is 5.62. The molecule has 0 aliphatic carbocycles. The molecule has 1 rings (SSSR count). The lowest BCUT2D eigenvalue weighted by Gasteiger charge is -1.99. The zero-order valence-corrected chi connectivity index (χ0v) is 7.05. The van der Waals surface area contributed by atoms with Crippen LogP contribution in [0.4, 0.5) is 4.39 Å². The van der Waals surface area contributed by atoms with Crippen LogP contribution in [0.15, 0.2) is 24.3 Å². The number of hydrogen-bond donors (Lipinski definition) is 0. The normalized spacial score (nSPS) is 12.1. The van der Waals surface area contributed by atoms with E-state index in [0.717, 1.165) is 5.56 Å². The van der Waals surface area contributed by atoms with Gasteiger partial charge in [0.05, 0.1) is 0 Å². The summed E-state index contributed by atoms with van der Waals surface area (Å²) in [6.07, 6.45) is -1.29. The molecule has 3 heteroatoms. The number of hydrogen-bond acceptors (Lipinski definition) is 1. The lowest BCUT2D eigenvalue weighted by molar-refractivity contribution is 0.407. The molecule has 1 aromatic rings. The molecule has 1 aromatic carbocycles. The molecule has 0 saturated carbocycles. The number of nitriles is 1. The van der Waals surface area contributed by atoms with E-state index in [4.69, 9.17) is 16.9 Å². The van der Waals surface area contributed by atoms with Gasteiger partial charge in [-0.3, -0.25) is 0 Å². The Morgan fingerprint density at radius 2 is 2.00 bits per heavy atom. The summed E-state index contributed by atoms with van der Waals surface area (Å²) in [4.78, 5) is 0. The average molecular weight is 184 g/mol. The molecule has 0 saturated heterocycles. The van der Waals surface area contributed by atoms with Crippen LogP contribution in [-0.2, 0) is 6.42 Å². The van der Waals surface area contributed by atoms with Crippen LogP contribution in [0, 0.1) is 11.3 Å². The first-order valence-corrected chi connectivity index (χ1v) is 3.88. The smallest absolute Gasteiger partial charge is 0.190 e. The highest BCUT2D eigenvalue weighted by Gasteiger charge is 2.04. The molecule has 1 unspecified atom stereocenters. The van der Waals surface area contributed by atoms with Crippen molar-refractivity contribution in [3.05, 3.63) is 34.9 Å². The maximum atomic E-state index is 12.5. The van der Waals surface area contributed by atoms with Crippen molar-refractivity contribution in [3.63, 3.8) is 0 Å². The number of alkyl halides is 1. The van der Waals surface area contributed by atoms with Gasteiger partial charge in [-0.1, -0.05) is 23.7 Å². The Balaban J connectivity index is 2.66. The highest BCUT2D eigenvalue weighted by Crippen LogP contribution is 2.11. The minimum absolute atomic E-state index is 0.133. The van der Waals surface area contributed by atoms with Crippen molar-refractivity contribution in [3.8, 4) is 6.07 Å². The van der Waals surface area contributed by atoms with E-state index < -0.39 is 6.17 Å². The van der Waals surface area contributed by atoms with Gasteiger partial charge in [0.25, 0.3) is 0 Å². The Labute approximate surface area is 75.4 Å². The molecule has 0 radical (unpaired) electrons. The van der Waals surface area contributed by atoms with E-state index in [-0.39, 0.29) is 6.42 Å². The molecular weight excluding hydrogens is 177 g/mol. The monoisotopic (exact) mass is 183 g/mol. The molecule has 1 nitrogen and oxygen atoms in total. The molecule has 0 aromatic heterocycles. The number of halogens is 2. The first-order chi connectivity index (χ1) is 5.72. The summed E-state index contributed by atoms with van der Waals surface area (Å²) in [6.45, 7) is 0.